The summed E-state index contributed by atoms with van der Waals surface area (Å²) in [6.45, 7) is 2.63. The molecule has 5 heteroatoms. The molecule has 3 N–H and O–H groups in total. The van der Waals surface area contributed by atoms with E-state index in [0.717, 1.165) is 22.8 Å². The molecule has 2 aromatic rings. The molecule has 1 aromatic carbocycles. The summed E-state index contributed by atoms with van der Waals surface area (Å²) in [7, 11) is 1.92. The van der Waals surface area contributed by atoms with Gasteiger partial charge in [-0.2, -0.15) is 0 Å². The highest BCUT2D eigenvalue weighted by Crippen LogP contribution is 2.20. The maximum atomic E-state index is 5.83. The first kappa shape index (κ1) is 10.5. The van der Waals surface area contributed by atoms with Gasteiger partial charge in [0.1, 0.15) is 6.33 Å². The third-order valence-corrected chi connectivity index (χ3v) is 2.62. The van der Waals surface area contributed by atoms with E-state index in [9.17, 15) is 0 Å². The van der Waals surface area contributed by atoms with Crippen molar-refractivity contribution in [1.82, 2.24) is 14.8 Å². The number of nitrogens with two attached hydrogens (primary N) is 1. The van der Waals surface area contributed by atoms with E-state index in [1.807, 2.05) is 36.7 Å². The number of benzene rings is 1. The third-order valence-electron chi connectivity index (χ3n) is 2.62. The molecule has 16 heavy (non-hydrogen) atoms. The third kappa shape index (κ3) is 1.98. The zero-order valence-electron chi connectivity index (χ0n) is 9.44. The normalized spacial score (nSPS) is 10.4. The highest BCUT2D eigenvalue weighted by molar-refractivity contribution is 5.62. The molecule has 0 aliphatic carbocycles. The summed E-state index contributed by atoms with van der Waals surface area (Å²) in [6.07, 6.45) is 1.68. The van der Waals surface area contributed by atoms with Crippen molar-refractivity contribution in [2.45, 2.75) is 13.5 Å². The van der Waals surface area contributed by atoms with Crippen LogP contribution in [0.1, 0.15) is 11.4 Å². The number of hydrogen-bond acceptors (Lipinski definition) is 4. The fourth-order valence-electron chi connectivity index (χ4n) is 1.49. The van der Waals surface area contributed by atoms with Gasteiger partial charge in [-0.25, -0.2) is 0 Å². The molecule has 0 saturated heterocycles. The molecular formula is C11H15N5. The van der Waals surface area contributed by atoms with E-state index in [1.54, 1.807) is 6.33 Å². The van der Waals surface area contributed by atoms with E-state index in [0.29, 0.717) is 6.54 Å². The zero-order chi connectivity index (χ0) is 11.5. The van der Waals surface area contributed by atoms with Crippen molar-refractivity contribution in [3.05, 3.63) is 35.9 Å². The molecule has 0 aliphatic rings. The van der Waals surface area contributed by atoms with Crippen molar-refractivity contribution in [2.24, 2.45) is 7.05 Å². The Kier molecular flexibility index (Phi) is 2.76. The molecule has 1 heterocycles. The second-order valence-corrected chi connectivity index (χ2v) is 3.73. The number of nitrogens with one attached hydrogen (secondary N) is 1. The van der Waals surface area contributed by atoms with E-state index in [2.05, 4.69) is 15.5 Å². The standard InChI is InChI=1S/C11H15N5/c1-8-9(12)4-3-5-10(8)13-6-11-15-14-7-16(11)2/h3-5,7,13H,6,12H2,1-2H3. The summed E-state index contributed by atoms with van der Waals surface area (Å²) in [6, 6.07) is 5.83. The largest absolute Gasteiger partial charge is 0.398 e. The number of aromatic nitrogens is 3. The van der Waals surface area contributed by atoms with Crippen molar-refractivity contribution in [3.8, 4) is 0 Å². The van der Waals surface area contributed by atoms with Gasteiger partial charge in [0.15, 0.2) is 5.82 Å². The van der Waals surface area contributed by atoms with Crippen LogP contribution in [0.3, 0.4) is 0 Å². The first-order valence-corrected chi connectivity index (χ1v) is 5.10. The number of anilines is 2. The summed E-state index contributed by atoms with van der Waals surface area (Å²) >= 11 is 0. The smallest absolute Gasteiger partial charge is 0.151 e. The van der Waals surface area contributed by atoms with Gasteiger partial charge in [0.25, 0.3) is 0 Å². The lowest BCUT2D eigenvalue weighted by Crippen LogP contribution is -2.07. The fraction of sp³-hybridized carbons (Fsp3) is 0.273. The maximum Gasteiger partial charge on any atom is 0.151 e. The van der Waals surface area contributed by atoms with E-state index in [1.165, 1.54) is 0 Å². The lowest BCUT2D eigenvalue weighted by Gasteiger charge is -2.10. The topological polar surface area (TPSA) is 68.8 Å². The SMILES string of the molecule is Cc1c(N)cccc1NCc1nncn1C. The predicted molar refractivity (Wildman–Crippen MR) is 63.9 cm³/mol. The van der Waals surface area contributed by atoms with Crippen LogP contribution in [0.15, 0.2) is 24.5 Å². The Bertz CT molecular complexity index is 489. The number of rotatable bonds is 3. The summed E-state index contributed by atoms with van der Waals surface area (Å²) < 4.78 is 1.88. The second kappa shape index (κ2) is 4.22. The minimum absolute atomic E-state index is 0.640. The molecule has 1 aromatic heterocycles. The molecule has 0 spiro atoms. The molecule has 0 atom stereocenters. The van der Waals surface area contributed by atoms with E-state index in [-0.39, 0.29) is 0 Å². The van der Waals surface area contributed by atoms with Crippen molar-refractivity contribution in [2.75, 3.05) is 11.1 Å². The molecule has 5 nitrogen and oxygen atoms in total. The quantitative estimate of drug-likeness (QED) is 0.761. The number of nitrogens with zero attached hydrogens (tertiary/aromatic N) is 3. The van der Waals surface area contributed by atoms with Crippen LogP contribution < -0.4 is 11.1 Å². The Morgan fingerprint density at radius 1 is 1.44 bits per heavy atom. The van der Waals surface area contributed by atoms with Gasteiger partial charge in [-0.15, -0.1) is 10.2 Å². The van der Waals surface area contributed by atoms with Gasteiger partial charge < -0.3 is 15.6 Å². The molecule has 84 valence electrons. The van der Waals surface area contributed by atoms with Crippen molar-refractivity contribution in [1.29, 1.82) is 0 Å². The Morgan fingerprint density at radius 3 is 2.94 bits per heavy atom. The van der Waals surface area contributed by atoms with E-state index >= 15 is 0 Å². The molecule has 0 radical (unpaired) electrons. The zero-order valence-corrected chi connectivity index (χ0v) is 9.44. The van der Waals surface area contributed by atoms with Gasteiger partial charge >= 0.3 is 0 Å². The first-order chi connectivity index (χ1) is 7.68. The highest BCUT2D eigenvalue weighted by Gasteiger charge is 2.03. The van der Waals surface area contributed by atoms with Gasteiger partial charge in [0.2, 0.25) is 0 Å². The summed E-state index contributed by atoms with van der Waals surface area (Å²) in [5.74, 6) is 0.891. The number of nitrogen functional groups attached to an aromatic ring is 1. The monoisotopic (exact) mass is 217 g/mol. The van der Waals surface area contributed by atoms with E-state index in [4.69, 9.17) is 5.73 Å². The van der Waals surface area contributed by atoms with Crippen LogP contribution in [0.4, 0.5) is 11.4 Å². The average molecular weight is 217 g/mol. The predicted octanol–water partition coefficient (Wildman–Crippen LogP) is 1.32. The van der Waals surface area contributed by atoms with Crippen molar-refractivity contribution < 1.29 is 0 Å². The van der Waals surface area contributed by atoms with Crippen LogP contribution >= 0.6 is 0 Å². The average Bonchev–Trinajstić information content (AvgIpc) is 2.67. The van der Waals surface area contributed by atoms with Gasteiger partial charge in [-0.05, 0) is 24.6 Å². The highest BCUT2D eigenvalue weighted by atomic mass is 15.3. The Hall–Kier alpha value is -2.04. The van der Waals surface area contributed by atoms with E-state index < -0.39 is 0 Å². The molecule has 0 unspecified atom stereocenters. The lowest BCUT2D eigenvalue weighted by atomic mass is 10.1. The van der Waals surface area contributed by atoms with Gasteiger partial charge in [0.05, 0.1) is 6.54 Å². The van der Waals surface area contributed by atoms with Crippen LogP contribution in [0.2, 0.25) is 0 Å². The van der Waals surface area contributed by atoms with Crippen LogP contribution in [-0.4, -0.2) is 14.8 Å². The Morgan fingerprint density at radius 2 is 2.25 bits per heavy atom. The van der Waals surface area contributed by atoms with Gasteiger partial charge in [0, 0.05) is 18.4 Å². The number of aryl methyl sites for hydroxylation is 1. The Balaban J connectivity index is 2.11. The lowest BCUT2D eigenvalue weighted by molar-refractivity contribution is 0.812. The fourth-order valence-corrected chi connectivity index (χ4v) is 1.49. The Labute approximate surface area is 94.3 Å². The van der Waals surface area contributed by atoms with Crippen LogP contribution in [-0.2, 0) is 13.6 Å². The molecule has 0 fully saturated rings. The van der Waals surface area contributed by atoms with Crippen LogP contribution in [0.25, 0.3) is 0 Å². The molecule has 0 amide bonds. The minimum Gasteiger partial charge on any atom is -0.398 e. The second-order valence-electron chi connectivity index (χ2n) is 3.73. The summed E-state index contributed by atoms with van der Waals surface area (Å²) in [4.78, 5) is 0. The molecule has 2 rings (SSSR count). The first-order valence-electron chi connectivity index (χ1n) is 5.10. The molecule has 0 bridgehead atoms. The van der Waals surface area contributed by atoms with Crippen molar-refractivity contribution >= 4 is 11.4 Å². The van der Waals surface area contributed by atoms with Crippen LogP contribution in [0.5, 0.6) is 0 Å². The van der Waals surface area contributed by atoms with Gasteiger partial charge in [-0.1, -0.05) is 6.07 Å². The summed E-state index contributed by atoms with van der Waals surface area (Å²) in [5.41, 5.74) is 8.71. The number of hydrogen-bond donors (Lipinski definition) is 2. The summed E-state index contributed by atoms with van der Waals surface area (Å²) in [5, 5.41) is 11.1. The molecule has 0 saturated carbocycles. The molecule has 0 aliphatic heterocycles. The maximum absolute atomic E-state index is 5.83. The van der Waals surface area contributed by atoms with Crippen molar-refractivity contribution in [3.63, 3.8) is 0 Å². The van der Waals surface area contributed by atoms with Crippen LogP contribution in [0, 0.1) is 6.92 Å². The molecular weight excluding hydrogens is 202 g/mol. The minimum atomic E-state index is 0.640. The van der Waals surface area contributed by atoms with Gasteiger partial charge in [-0.3, -0.25) is 0 Å².